The molecule has 6 rings (SSSR count). The van der Waals surface area contributed by atoms with Crippen LogP contribution in [0.15, 0.2) is 103 Å². The number of aromatic nitrogens is 3. The maximum atomic E-state index is 12.9. The topological polar surface area (TPSA) is 342 Å². The Morgan fingerprint density at radius 1 is 0.702 bits per heavy atom. The molecule has 298 valence electrons. The highest BCUT2D eigenvalue weighted by atomic mass is 35.5. The predicted molar refractivity (Wildman–Crippen MR) is 204 cm³/mol. The normalized spacial score (nSPS) is 12.7. The Kier molecular flexibility index (Phi) is 10.6. The van der Waals surface area contributed by atoms with Gasteiger partial charge in [-0.05, 0) is 59.6 Å². The summed E-state index contributed by atoms with van der Waals surface area (Å²) in [6.45, 7) is 0.261. The zero-order valence-corrected chi connectivity index (χ0v) is 32.4. The molecule has 0 aliphatic rings. The molecule has 0 saturated heterocycles. The first-order valence-electron chi connectivity index (χ1n) is 15.4. The van der Waals surface area contributed by atoms with Gasteiger partial charge in [0.2, 0.25) is 17.2 Å². The number of azo groups is 1. The molecule has 0 spiro atoms. The number of hydrogen-bond donors (Lipinski definition) is 7. The summed E-state index contributed by atoms with van der Waals surface area (Å²) in [5, 5.41) is 18.7. The van der Waals surface area contributed by atoms with Gasteiger partial charge in [-0.3, -0.25) is 18.2 Å². The lowest BCUT2D eigenvalue weighted by Gasteiger charge is -2.19. The molecule has 0 aliphatic heterocycles. The maximum absolute atomic E-state index is 12.9. The van der Waals surface area contributed by atoms with Crippen molar-refractivity contribution in [3.8, 4) is 5.75 Å². The van der Waals surface area contributed by atoms with Crippen molar-refractivity contribution in [3.05, 3.63) is 83.6 Å². The first kappa shape index (κ1) is 41.0. The molecule has 0 amide bonds. The van der Waals surface area contributed by atoms with Crippen LogP contribution in [-0.4, -0.2) is 79.0 Å². The molecule has 26 heteroatoms. The van der Waals surface area contributed by atoms with E-state index in [4.69, 9.17) is 17.3 Å². The van der Waals surface area contributed by atoms with Crippen molar-refractivity contribution in [3.63, 3.8) is 0 Å². The Hall–Kier alpha value is -5.64. The van der Waals surface area contributed by atoms with Crippen LogP contribution in [-0.2, 0) is 47.0 Å². The van der Waals surface area contributed by atoms with E-state index in [0.29, 0.717) is 11.8 Å². The number of halogens is 1. The molecule has 6 aromatic rings. The van der Waals surface area contributed by atoms with Gasteiger partial charge in [0, 0.05) is 40.8 Å². The predicted octanol–water partition coefficient (Wildman–Crippen LogP) is 4.90. The van der Waals surface area contributed by atoms with E-state index in [-0.39, 0.29) is 29.1 Å². The third-order valence-corrected chi connectivity index (χ3v) is 11.9. The first-order chi connectivity index (χ1) is 26.4. The zero-order valence-electron chi connectivity index (χ0n) is 28.4. The summed E-state index contributed by atoms with van der Waals surface area (Å²) in [6.07, 6.45) is 0. The minimum atomic E-state index is -5.47. The minimum absolute atomic E-state index is 0.00673. The molecule has 0 aliphatic carbocycles. The smallest absolute Gasteiger partial charge is 0.297 e. The van der Waals surface area contributed by atoms with Crippen molar-refractivity contribution in [2.75, 3.05) is 23.0 Å². The Labute approximate surface area is 327 Å². The summed E-state index contributed by atoms with van der Waals surface area (Å²) in [7, 11) is -19.4. The molecule has 0 radical (unpaired) electrons. The molecule has 21 nitrogen and oxygen atoms in total. The lowest BCUT2D eigenvalue weighted by molar-refractivity contribution is 0.471. The van der Waals surface area contributed by atoms with Gasteiger partial charge in [-0.25, -0.2) is 0 Å². The van der Waals surface area contributed by atoms with E-state index in [1.165, 1.54) is 0 Å². The second-order valence-electron chi connectivity index (χ2n) is 11.9. The second kappa shape index (κ2) is 14.7. The lowest BCUT2D eigenvalue weighted by Crippen LogP contribution is -2.20. The summed E-state index contributed by atoms with van der Waals surface area (Å²) in [6, 6.07) is 14.3. The van der Waals surface area contributed by atoms with Crippen LogP contribution in [0.4, 0.5) is 34.6 Å². The van der Waals surface area contributed by atoms with Crippen molar-refractivity contribution >= 4 is 108 Å². The molecular formula is C31H25ClN8O13S4. The van der Waals surface area contributed by atoms with E-state index in [1.807, 2.05) is 0 Å². The number of aromatic hydroxyl groups is 1. The SMILES string of the molecule is CN(Cc1ccc(N)cc1)c1nc(Cl)nc(Nc2ccc3c(O)c(N=Nc4ccc5c(S(=O)(=O)O)cccc5c4S(=O)(=O)O)c(S(=O)(=O)O)cc3c2S(=O)(=O)O)n1. The molecule has 0 saturated carbocycles. The van der Waals surface area contributed by atoms with Crippen LogP contribution in [0.25, 0.3) is 21.5 Å². The van der Waals surface area contributed by atoms with Crippen LogP contribution in [0.2, 0.25) is 5.28 Å². The maximum Gasteiger partial charge on any atom is 0.297 e. The highest BCUT2D eigenvalue weighted by molar-refractivity contribution is 7.87. The molecule has 5 aromatic carbocycles. The highest BCUT2D eigenvalue weighted by Gasteiger charge is 2.29. The third-order valence-electron chi connectivity index (χ3n) is 8.05. The Balaban J connectivity index is 1.49. The number of nitrogens with one attached hydrogen (secondary N) is 1. The van der Waals surface area contributed by atoms with Crippen LogP contribution in [0.3, 0.4) is 0 Å². The van der Waals surface area contributed by atoms with Gasteiger partial charge in [0.15, 0.2) is 5.75 Å². The number of benzene rings is 5. The lowest BCUT2D eigenvalue weighted by atomic mass is 10.1. The van der Waals surface area contributed by atoms with E-state index < -0.39 is 99.0 Å². The molecule has 1 heterocycles. The number of nitrogen functional groups attached to an aromatic ring is 1. The Bertz CT molecular complexity index is 3140. The first-order valence-corrected chi connectivity index (χ1v) is 21.5. The van der Waals surface area contributed by atoms with Crippen molar-refractivity contribution < 1.29 is 57.0 Å². The summed E-state index contributed by atoms with van der Waals surface area (Å²) >= 11 is 6.14. The van der Waals surface area contributed by atoms with Gasteiger partial charge in [0.1, 0.15) is 31.0 Å². The number of phenolic OH excluding ortho intramolecular Hbond substituents is 1. The summed E-state index contributed by atoms with van der Waals surface area (Å²) < 4.78 is 140. The van der Waals surface area contributed by atoms with Gasteiger partial charge in [-0.15, -0.1) is 10.2 Å². The number of nitrogens with two attached hydrogens (primary N) is 1. The monoisotopic (exact) mass is 880 g/mol. The van der Waals surface area contributed by atoms with Crippen LogP contribution < -0.4 is 16.0 Å². The van der Waals surface area contributed by atoms with Gasteiger partial charge >= 0.3 is 0 Å². The van der Waals surface area contributed by atoms with Gasteiger partial charge in [-0.2, -0.15) is 48.6 Å². The molecule has 57 heavy (non-hydrogen) atoms. The van der Waals surface area contributed by atoms with Gasteiger partial charge in [0.25, 0.3) is 40.5 Å². The number of anilines is 4. The number of phenols is 1. The number of nitrogens with zero attached hydrogens (tertiary/aromatic N) is 6. The minimum Gasteiger partial charge on any atom is -0.505 e. The molecular weight excluding hydrogens is 856 g/mol. The number of fused-ring (bicyclic) bond motifs is 2. The average molecular weight is 881 g/mol. The highest BCUT2D eigenvalue weighted by Crippen LogP contribution is 2.46. The average Bonchev–Trinajstić information content (AvgIpc) is 3.09. The summed E-state index contributed by atoms with van der Waals surface area (Å²) in [4.78, 5) is 9.67. The third kappa shape index (κ3) is 8.55. The zero-order chi connectivity index (χ0) is 41.8. The van der Waals surface area contributed by atoms with E-state index in [2.05, 4.69) is 30.5 Å². The van der Waals surface area contributed by atoms with E-state index in [1.54, 1.807) is 36.2 Å². The summed E-state index contributed by atoms with van der Waals surface area (Å²) in [5.41, 5.74) is 4.79. The van der Waals surface area contributed by atoms with Crippen molar-refractivity contribution in [2.24, 2.45) is 10.2 Å². The van der Waals surface area contributed by atoms with Crippen LogP contribution in [0.5, 0.6) is 5.75 Å². The van der Waals surface area contributed by atoms with Crippen molar-refractivity contribution in [2.45, 2.75) is 26.1 Å². The standard InChI is InChI=1S/C31H25ClN8O13S4/c1-40(14-15-5-7-16(33)8-6-15)31-36-29(32)35-30(37-31)34-21-11-10-18-20(28(21)57(51,52)53)13-24(55(45,46)47)25(26(18)41)39-38-22-12-9-17-19(27(22)56(48,49)50)3-2-4-23(17)54(42,43)44/h2-13,41H,14,33H2,1H3,(H,42,43,44)(H,45,46,47)(H,48,49,50)(H,51,52,53)(H,34,35,36,37). The van der Waals surface area contributed by atoms with Crippen molar-refractivity contribution in [1.29, 1.82) is 0 Å². The molecule has 1 aromatic heterocycles. The molecule has 0 fully saturated rings. The Morgan fingerprint density at radius 3 is 1.95 bits per heavy atom. The van der Waals surface area contributed by atoms with Gasteiger partial charge < -0.3 is 21.1 Å². The van der Waals surface area contributed by atoms with Crippen LogP contribution >= 0.6 is 11.6 Å². The van der Waals surface area contributed by atoms with Crippen molar-refractivity contribution in [1.82, 2.24) is 15.0 Å². The fourth-order valence-electron chi connectivity index (χ4n) is 5.69. The number of rotatable bonds is 11. The molecule has 8 N–H and O–H groups in total. The molecule has 0 bridgehead atoms. The quantitative estimate of drug-likeness (QED) is 0.0516. The second-order valence-corrected chi connectivity index (χ2v) is 17.8. The van der Waals surface area contributed by atoms with E-state index in [9.17, 15) is 57.0 Å². The largest absolute Gasteiger partial charge is 0.505 e. The molecule has 0 atom stereocenters. The van der Waals surface area contributed by atoms with Gasteiger partial charge in [0.05, 0.1) is 5.69 Å². The van der Waals surface area contributed by atoms with Crippen LogP contribution in [0, 0.1) is 0 Å². The fraction of sp³-hybridized carbons (Fsp3) is 0.0645. The summed E-state index contributed by atoms with van der Waals surface area (Å²) in [5.74, 6) is -1.50. The van der Waals surface area contributed by atoms with E-state index in [0.717, 1.165) is 48.0 Å². The Morgan fingerprint density at radius 2 is 1.33 bits per heavy atom. The number of hydrogen-bond acceptors (Lipinski definition) is 17. The molecule has 0 unspecified atom stereocenters. The van der Waals surface area contributed by atoms with Crippen LogP contribution in [0.1, 0.15) is 5.56 Å². The van der Waals surface area contributed by atoms with E-state index >= 15 is 0 Å². The van der Waals surface area contributed by atoms with Gasteiger partial charge in [-0.1, -0.05) is 30.3 Å². The fourth-order valence-corrected chi connectivity index (χ4v) is 8.87.